The molecule has 58 heavy (non-hydrogen) atoms. The first-order valence-corrected chi connectivity index (χ1v) is 20.2. The zero-order valence-electron chi connectivity index (χ0n) is 31.8. The molecule has 0 saturated carbocycles. The Kier molecular flexibility index (Phi) is 7.33. The Balaban J connectivity index is 1.21. The van der Waals surface area contributed by atoms with Gasteiger partial charge in [-0.3, -0.25) is 0 Å². The number of hydrogen-bond acceptors (Lipinski definition) is 0. The molecule has 0 heteroatoms. The van der Waals surface area contributed by atoms with E-state index >= 15 is 0 Å². The van der Waals surface area contributed by atoms with Gasteiger partial charge in [0.05, 0.1) is 0 Å². The molecule has 0 aliphatic carbocycles. The number of benzene rings is 12. The summed E-state index contributed by atoms with van der Waals surface area (Å²) in [5.74, 6) is 0. The van der Waals surface area contributed by atoms with Crippen molar-refractivity contribution in [3.8, 4) is 44.5 Å². The molecule has 12 aromatic carbocycles. The molecule has 0 N–H and O–H groups in total. The molecule has 12 rings (SSSR count). The van der Waals surface area contributed by atoms with Crippen LogP contribution in [0.1, 0.15) is 0 Å². The minimum Gasteiger partial charge on any atom is -0.0616 e. The number of hydrogen-bond donors (Lipinski definition) is 0. The standard InChI is InChI=1S/C58H36/c1-2-18-40-36-55-41(35-39(40)17-1)32-34-53(56(55)50-27-12-11-22-45(50)44-28-13-19-37-15-3-5-20-42(37)44)48-25-9-7-23-46(48)51-29-14-30-52-47-24-8-10-26-49(47)54-33-31-38-16-4-6-21-43(38)57(54)58(51)52/h1-36H. The second-order valence-corrected chi connectivity index (χ2v) is 15.5. The van der Waals surface area contributed by atoms with Crippen LogP contribution in [-0.4, -0.2) is 0 Å². The second-order valence-electron chi connectivity index (χ2n) is 15.5. The van der Waals surface area contributed by atoms with E-state index in [0.29, 0.717) is 0 Å². The van der Waals surface area contributed by atoms with E-state index < -0.39 is 0 Å². The molecule has 12 aromatic rings. The largest absolute Gasteiger partial charge is 0.0616 e. The lowest BCUT2D eigenvalue weighted by molar-refractivity contribution is 1.59. The molecule has 0 amide bonds. The van der Waals surface area contributed by atoms with Gasteiger partial charge in [0.15, 0.2) is 0 Å². The highest BCUT2D eigenvalue weighted by Crippen LogP contribution is 2.49. The molecule has 268 valence electrons. The SMILES string of the molecule is c1ccc(-c2cccc3c4ccccc4c4ccc5ccccc5c4c23)c(-c2ccc3cc4ccccc4cc3c2-c2ccccc2-c2cccc3ccccc23)c1. The summed E-state index contributed by atoms with van der Waals surface area (Å²) in [4.78, 5) is 0. The van der Waals surface area contributed by atoms with Crippen molar-refractivity contribution in [1.82, 2.24) is 0 Å². The van der Waals surface area contributed by atoms with Crippen molar-refractivity contribution in [2.24, 2.45) is 0 Å². The molecule has 0 spiro atoms. The van der Waals surface area contributed by atoms with Crippen molar-refractivity contribution < 1.29 is 0 Å². The fourth-order valence-electron chi connectivity index (χ4n) is 9.87. The Morgan fingerprint density at radius 3 is 1.36 bits per heavy atom. The molecule has 0 heterocycles. The molecule has 0 radical (unpaired) electrons. The third-order valence-electron chi connectivity index (χ3n) is 12.4. The molecular formula is C58H36. The van der Waals surface area contributed by atoms with Crippen molar-refractivity contribution in [2.75, 3.05) is 0 Å². The van der Waals surface area contributed by atoms with Gasteiger partial charge >= 0.3 is 0 Å². The Bertz CT molecular complexity index is 3620. The summed E-state index contributed by atoms with van der Waals surface area (Å²) >= 11 is 0. The predicted octanol–water partition coefficient (Wildman–Crippen LogP) is 16.4. The normalized spacial score (nSPS) is 11.8. The van der Waals surface area contributed by atoms with E-state index in [-0.39, 0.29) is 0 Å². The van der Waals surface area contributed by atoms with Gasteiger partial charge in [-0.1, -0.05) is 206 Å². The summed E-state index contributed by atoms with van der Waals surface area (Å²) in [5.41, 5.74) is 9.85. The molecule has 0 aliphatic rings. The summed E-state index contributed by atoms with van der Waals surface area (Å²) < 4.78 is 0. The van der Waals surface area contributed by atoms with Crippen LogP contribution in [0.5, 0.6) is 0 Å². The number of rotatable bonds is 4. The van der Waals surface area contributed by atoms with E-state index in [2.05, 4.69) is 218 Å². The Morgan fingerprint density at radius 2 is 0.621 bits per heavy atom. The van der Waals surface area contributed by atoms with Crippen LogP contribution < -0.4 is 0 Å². The molecule has 0 aromatic heterocycles. The lowest BCUT2D eigenvalue weighted by Gasteiger charge is -2.22. The first kappa shape index (κ1) is 32.7. The van der Waals surface area contributed by atoms with E-state index in [1.54, 1.807) is 0 Å². The molecule has 0 nitrogen and oxygen atoms in total. The maximum Gasteiger partial charge on any atom is -0.00139 e. The summed E-state index contributed by atoms with van der Waals surface area (Å²) in [6.07, 6.45) is 0. The average molecular weight is 733 g/mol. The lowest BCUT2D eigenvalue weighted by atomic mass is 9.81. The molecule has 0 aliphatic heterocycles. The number of fused-ring (bicyclic) bond motifs is 11. The fraction of sp³-hybridized carbons (Fsp3) is 0. The maximum absolute atomic E-state index is 2.41. The smallest absolute Gasteiger partial charge is 0.00139 e. The first-order valence-electron chi connectivity index (χ1n) is 20.2. The quantitative estimate of drug-likeness (QED) is 0.125. The van der Waals surface area contributed by atoms with Crippen LogP contribution in [0.3, 0.4) is 0 Å². The van der Waals surface area contributed by atoms with Gasteiger partial charge in [-0.05, 0) is 132 Å². The minimum absolute atomic E-state index is 1.22. The maximum atomic E-state index is 2.41. The Hall–Kier alpha value is -7.54. The van der Waals surface area contributed by atoms with Gasteiger partial charge in [-0.15, -0.1) is 0 Å². The van der Waals surface area contributed by atoms with Crippen molar-refractivity contribution in [2.45, 2.75) is 0 Å². The fourth-order valence-corrected chi connectivity index (χ4v) is 9.87. The van der Waals surface area contributed by atoms with Gasteiger partial charge in [0.2, 0.25) is 0 Å². The van der Waals surface area contributed by atoms with Crippen LogP contribution in [-0.2, 0) is 0 Å². The average Bonchev–Trinajstić information content (AvgIpc) is 3.30. The Morgan fingerprint density at radius 1 is 0.172 bits per heavy atom. The van der Waals surface area contributed by atoms with Gasteiger partial charge in [-0.25, -0.2) is 0 Å². The van der Waals surface area contributed by atoms with Crippen LogP contribution in [0.15, 0.2) is 218 Å². The zero-order valence-corrected chi connectivity index (χ0v) is 31.8. The molecule has 0 saturated heterocycles. The molecular weight excluding hydrogens is 697 g/mol. The van der Waals surface area contributed by atoms with E-state index in [0.717, 1.165) is 0 Å². The summed E-state index contributed by atoms with van der Waals surface area (Å²) in [6, 6.07) is 81.1. The highest BCUT2D eigenvalue weighted by Gasteiger charge is 2.22. The zero-order chi connectivity index (χ0) is 38.2. The van der Waals surface area contributed by atoms with Crippen molar-refractivity contribution in [3.63, 3.8) is 0 Å². The van der Waals surface area contributed by atoms with Gasteiger partial charge in [0.1, 0.15) is 0 Å². The van der Waals surface area contributed by atoms with Crippen LogP contribution in [0.25, 0.3) is 120 Å². The predicted molar refractivity (Wildman–Crippen MR) is 251 cm³/mol. The topological polar surface area (TPSA) is 0 Å². The first-order chi connectivity index (χ1) is 28.8. The van der Waals surface area contributed by atoms with Crippen LogP contribution in [0, 0.1) is 0 Å². The highest BCUT2D eigenvalue weighted by molar-refractivity contribution is 6.34. The van der Waals surface area contributed by atoms with E-state index in [4.69, 9.17) is 0 Å². The van der Waals surface area contributed by atoms with Crippen LogP contribution >= 0.6 is 0 Å². The third kappa shape index (κ3) is 4.95. The molecule has 0 unspecified atom stereocenters. The van der Waals surface area contributed by atoms with E-state index in [9.17, 15) is 0 Å². The Labute approximate surface area is 336 Å². The molecule has 0 atom stereocenters. The molecule has 0 bridgehead atoms. The summed E-state index contributed by atoms with van der Waals surface area (Å²) in [6.45, 7) is 0. The molecule has 0 fully saturated rings. The monoisotopic (exact) mass is 732 g/mol. The van der Waals surface area contributed by atoms with Crippen LogP contribution in [0.2, 0.25) is 0 Å². The lowest BCUT2D eigenvalue weighted by Crippen LogP contribution is -1.95. The van der Waals surface area contributed by atoms with Crippen molar-refractivity contribution >= 4 is 75.4 Å². The summed E-state index contributed by atoms with van der Waals surface area (Å²) in [7, 11) is 0. The minimum atomic E-state index is 1.22. The highest BCUT2D eigenvalue weighted by atomic mass is 14.2. The third-order valence-corrected chi connectivity index (χ3v) is 12.4. The van der Waals surface area contributed by atoms with Gasteiger partial charge < -0.3 is 0 Å². The van der Waals surface area contributed by atoms with Crippen LogP contribution in [0.4, 0.5) is 0 Å². The van der Waals surface area contributed by atoms with Gasteiger partial charge in [0.25, 0.3) is 0 Å². The van der Waals surface area contributed by atoms with Crippen molar-refractivity contribution in [1.29, 1.82) is 0 Å². The van der Waals surface area contributed by atoms with Gasteiger partial charge in [0, 0.05) is 0 Å². The second kappa shape index (κ2) is 13.0. The van der Waals surface area contributed by atoms with Gasteiger partial charge in [-0.2, -0.15) is 0 Å². The summed E-state index contributed by atoms with van der Waals surface area (Å²) in [5, 5.41) is 17.7. The van der Waals surface area contributed by atoms with E-state index in [1.807, 2.05) is 0 Å². The van der Waals surface area contributed by atoms with E-state index in [1.165, 1.54) is 120 Å². The van der Waals surface area contributed by atoms with Crippen molar-refractivity contribution in [3.05, 3.63) is 218 Å².